The van der Waals surface area contributed by atoms with E-state index in [4.69, 9.17) is 10.2 Å². The number of hydrogen-bond donors (Lipinski definition) is 1. The van der Waals surface area contributed by atoms with Crippen LogP contribution in [0, 0.1) is 18.3 Å². The van der Waals surface area contributed by atoms with Gasteiger partial charge in [0.15, 0.2) is 0 Å². The molecule has 1 N–H and O–H groups in total. The predicted octanol–water partition coefficient (Wildman–Crippen LogP) is 4.27. The number of benzene rings is 2. The van der Waals surface area contributed by atoms with Gasteiger partial charge < -0.3 is 4.98 Å². The van der Waals surface area contributed by atoms with Gasteiger partial charge in [0.25, 0.3) is 0 Å². The van der Waals surface area contributed by atoms with Gasteiger partial charge in [0.2, 0.25) is 0 Å². The quantitative estimate of drug-likeness (QED) is 0.495. The first kappa shape index (κ1) is 17.8. The van der Waals surface area contributed by atoms with E-state index < -0.39 is 0 Å². The van der Waals surface area contributed by atoms with Gasteiger partial charge in [0.05, 0.1) is 28.7 Å². The number of aromatic amines is 1. The van der Waals surface area contributed by atoms with Gasteiger partial charge in [-0.05, 0) is 55.5 Å². The highest BCUT2D eigenvalue weighted by atomic mass is 15.4. The second-order valence-electron chi connectivity index (χ2n) is 7.06. The third kappa shape index (κ3) is 3.10. The average molecular weight is 391 g/mol. The number of rotatable bonds is 3. The lowest BCUT2D eigenvalue weighted by atomic mass is 10.1. The second-order valence-corrected chi connectivity index (χ2v) is 7.06. The minimum absolute atomic E-state index is 0.610. The molecular weight excluding hydrogens is 374 g/mol. The Hall–Kier alpha value is -4.31. The fraction of sp³-hybridized carbons (Fsp3) is 0.0870. The zero-order chi connectivity index (χ0) is 20.7. The molecule has 0 spiro atoms. The molecule has 0 aliphatic rings. The third-order valence-electron chi connectivity index (χ3n) is 4.89. The zero-order valence-electron chi connectivity index (χ0n) is 16.5. The molecule has 2 aromatic carbocycles. The highest BCUT2D eigenvalue weighted by molar-refractivity contribution is 5.85. The summed E-state index contributed by atoms with van der Waals surface area (Å²) in [6.45, 7) is 1.96. The number of pyridine rings is 1. The molecule has 7 heteroatoms. The van der Waals surface area contributed by atoms with E-state index in [2.05, 4.69) is 26.2 Å². The summed E-state index contributed by atoms with van der Waals surface area (Å²) in [6, 6.07) is 21.3. The Labute approximate surface area is 172 Å². The predicted molar refractivity (Wildman–Crippen MR) is 114 cm³/mol. The molecule has 5 aromatic rings. The van der Waals surface area contributed by atoms with Crippen LogP contribution in [-0.2, 0) is 7.05 Å². The van der Waals surface area contributed by atoms with Gasteiger partial charge in [-0.1, -0.05) is 12.1 Å². The highest BCUT2D eigenvalue weighted by Crippen LogP contribution is 2.33. The van der Waals surface area contributed by atoms with E-state index in [9.17, 15) is 0 Å². The smallest absolute Gasteiger partial charge is 0.138 e. The van der Waals surface area contributed by atoms with Gasteiger partial charge in [0.1, 0.15) is 16.9 Å². The lowest BCUT2D eigenvalue weighted by Crippen LogP contribution is -1.90. The molecule has 0 radical (unpaired) electrons. The maximum absolute atomic E-state index is 9.06. The topological polar surface area (TPSA) is 96.1 Å². The number of imidazole rings is 1. The molecule has 30 heavy (non-hydrogen) atoms. The van der Waals surface area contributed by atoms with Crippen LogP contribution in [0.1, 0.15) is 11.3 Å². The van der Waals surface area contributed by atoms with Gasteiger partial charge in [-0.2, -0.15) is 20.3 Å². The Balaban J connectivity index is 1.70. The molecule has 0 saturated heterocycles. The number of nitrogens with one attached hydrogen (secondary N) is 1. The van der Waals surface area contributed by atoms with E-state index in [1.807, 2.05) is 55.5 Å². The van der Waals surface area contributed by atoms with E-state index >= 15 is 0 Å². The highest BCUT2D eigenvalue weighted by Gasteiger charge is 2.17. The molecule has 0 aliphatic heterocycles. The van der Waals surface area contributed by atoms with Crippen LogP contribution in [0.25, 0.3) is 45.1 Å². The van der Waals surface area contributed by atoms with Gasteiger partial charge in [-0.15, -0.1) is 0 Å². The molecule has 7 nitrogen and oxygen atoms in total. The largest absolute Gasteiger partial charge is 0.336 e. The summed E-state index contributed by atoms with van der Waals surface area (Å²) >= 11 is 0. The van der Waals surface area contributed by atoms with Crippen molar-refractivity contribution in [2.75, 3.05) is 0 Å². The van der Waals surface area contributed by atoms with Crippen LogP contribution < -0.4 is 0 Å². The molecule has 0 unspecified atom stereocenters. The Morgan fingerprint density at radius 1 is 0.900 bits per heavy atom. The van der Waals surface area contributed by atoms with Crippen molar-refractivity contribution in [3.8, 4) is 40.1 Å². The van der Waals surface area contributed by atoms with Crippen molar-refractivity contribution in [3.05, 3.63) is 71.9 Å². The molecule has 0 atom stereocenters. The first-order valence-electron chi connectivity index (χ1n) is 9.47. The summed E-state index contributed by atoms with van der Waals surface area (Å²) in [5.74, 6) is 0.715. The van der Waals surface area contributed by atoms with Crippen LogP contribution in [0.15, 0.2) is 60.7 Å². The minimum Gasteiger partial charge on any atom is -0.336 e. The SMILES string of the molecule is Cc1cccc(-c2[nH]c(-c3ccc(C#N)cc3)nc2-c2ccc3nn(C)nc3c2)n1. The molecule has 0 saturated carbocycles. The van der Waals surface area contributed by atoms with Crippen molar-refractivity contribution in [3.63, 3.8) is 0 Å². The summed E-state index contributed by atoms with van der Waals surface area (Å²) in [6.07, 6.45) is 0. The third-order valence-corrected chi connectivity index (χ3v) is 4.89. The molecule has 0 bridgehead atoms. The molecule has 0 amide bonds. The number of nitriles is 1. The fourth-order valence-electron chi connectivity index (χ4n) is 3.46. The number of fused-ring (bicyclic) bond motifs is 1. The van der Waals surface area contributed by atoms with Crippen LogP contribution in [0.5, 0.6) is 0 Å². The number of aryl methyl sites for hydroxylation is 2. The summed E-state index contributed by atoms with van der Waals surface area (Å²) < 4.78 is 0. The first-order chi connectivity index (χ1) is 14.6. The van der Waals surface area contributed by atoms with Crippen molar-refractivity contribution in [2.45, 2.75) is 6.92 Å². The van der Waals surface area contributed by atoms with Crippen molar-refractivity contribution >= 4 is 11.0 Å². The molecular formula is C23H17N7. The van der Waals surface area contributed by atoms with Crippen LogP contribution in [0.4, 0.5) is 0 Å². The van der Waals surface area contributed by atoms with Crippen LogP contribution >= 0.6 is 0 Å². The maximum Gasteiger partial charge on any atom is 0.138 e. The number of H-pyrrole nitrogens is 1. The summed E-state index contributed by atoms with van der Waals surface area (Å²) in [5.41, 5.74) is 7.45. The standard InChI is InChI=1S/C23H17N7/c1-14-4-3-5-19(25-14)22-21(17-10-11-18-20(12-17)29-30(2)28-18)26-23(27-22)16-8-6-15(13-24)7-9-16/h3-12H,1-2H3,(H,26,27). The lowest BCUT2D eigenvalue weighted by molar-refractivity contribution is 0.665. The van der Waals surface area contributed by atoms with Crippen molar-refractivity contribution in [1.82, 2.24) is 29.9 Å². The maximum atomic E-state index is 9.06. The molecule has 0 aliphatic carbocycles. The van der Waals surface area contributed by atoms with E-state index in [-0.39, 0.29) is 0 Å². The Kier molecular flexibility index (Phi) is 4.11. The monoisotopic (exact) mass is 391 g/mol. The van der Waals surface area contributed by atoms with E-state index in [0.717, 1.165) is 44.9 Å². The number of hydrogen-bond acceptors (Lipinski definition) is 5. The van der Waals surface area contributed by atoms with Gasteiger partial charge >= 0.3 is 0 Å². The normalized spacial score (nSPS) is 11.0. The molecule has 3 heterocycles. The minimum atomic E-state index is 0.610. The van der Waals surface area contributed by atoms with Crippen molar-refractivity contribution in [2.24, 2.45) is 7.05 Å². The van der Waals surface area contributed by atoms with Crippen LogP contribution in [0.2, 0.25) is 0 Å². The van der Waals surface area contributed by atoms with Gasteiger partial charge in [0, 0.05) is 23.9 Å². The molecule has 3 aromatic heterocycles. The zero-order valence-corrected chi connectivity index (χ0v) is 16.5. The summed E-state index contributed by atoms with van der Waals surface area (Å²) in [7, 11) is 1.80. The van der Waals surface area contributed by atoms with E-state index in [1.165, 1.54) is 0 Å². The molecule has 144 valence electrons. The first-order valence-corrected chi connectivity index (χ1v) is 9.47. The van der Waals surface area contributed by atoms with Crippen molar-refractivity contribution in [1.29, 1.82) is 5.26 Å². The van der Waals surface area contributed by atoms with Crippen LogP contribution in [-0.4, -0.2) is 29.9 Å². The van der Waals surface area contributed by atoms with E-state index in [0.29, 0.717) is 11.4 Å². The molecule has 0 fully saturated rings. The average Bonchev–Trinajstić information content (AvgIpc) is 3.36. The van der Waals surface area contributed by atoms with E-state index in [1.54, 1.807) is 24.0 Å². The van der Waals surface area contributed by atoms with Gasteiger partial charge in [-0.3, -0.25) is 4.98 Å². The number of nitrogens with zero attached hydrogens (tertiary/aromatic N) is 6. The van der Waals surface area contributed by atoms with Gasteiger partial charge in [-0.25, -0.2) is 4.98 Å². The second kappa shape index (κ2) is 6.94. The Bertz CT molecular complexity index is 1420. The lowest BCUT2D eigenvalue weighted by Gasteiger charge is -2.03. The van der Waals surface area contributed by atoms with Crippen molar-refractivity contribution < 1.29 is 0 Å². The number of aromatic nitrogens is 6. The summed E-state index contributed by atoms with van der Waals surface area (Å²) in [4.78, 5) is 14.6. The van der Waals surface area contributed by atoms with Crippen LogP contribution in [0.3, 0.4) is 0 Å². The fourth-order valence-corrected chi connectivity index (χ4v) is 3.46. The Morgan fingerprint density at radius 3 is 2.43 bits per heavy atom. The Morgan fingerprint density at radius 2 is 1.67 bits per heavy atom. The molecule has 5 rings (SSSR count). The summed E-state index contributed by atoms with van der Waals surface area (Å²) in [5, 5.41) is 17.8.